The van der Waals surface area contributed by atoms with Crippen LogP contribution in [-0.2, 0) is 0 Å². The maximum Gasteiger partial charge on any atom is 0.323 e. The molecule has 1 aliphatic rings. The number of imide groups is 1. The number of carbonyl (C=O) groups is 3. The number of ether oxygens (including phenoxy) is 1. The number of nitro groups is 1. The molecule has 2 aromatic rings. The number of carbonyl (C=O) groups excluding carboxylic acids is 3. The third-order valence-corrected chi connectivity index (χ3v) is 4.42. The van der Waals surface area contributed by atoms with Crippen LogP contribution >= 0.6 is 0 Å². The minimum atomic E-state index is -0.641. The van der Waals surface area contributed by atoms with Crippen LogP contribution in [0.4, 0.5) is 21.9 Å². The van der Waals surface area contributed by atoms with E-state index < -0.39 is 16.9 Å². The van der Waals surface area contributed by atoms with Gasteiger partial charge in [0.2, 0.25) is 0 Å². The summed E-state index contributed by atoms with van der Waals surface area (Å²) in [6, 6.07) is 7.61. The zero-order chi connectivity index (χ0) is 22.0. The first-order valence-electron chi connectivity index (χ1n) is 9.12. The number of nitrogens with zero attached hydrogens (tertiary/aromatic N) is 2. The second-order valence-corrected chi connectivity index (χ2v) is 7.10. The normalized spacial score (nSPS) is 12.7. The molecule has 1 heterocycles. The van der Waals surface area contributed by atoms with Gasteiger partial charge in [-0.25, -0.2) is 4.79 Å². The molecule has 0 radical (unpaired) electrons. The van der Waals surface area contributed by atoms with Crippen molar-refractivity contribution in [2.45, 2.75) is 13.8 Å². The largest absolute Gasteiger partial charge is 0.494 e. The van der Waals surface area contributed by atoms with Gasteiger partial charge < -0.3 is 15.4 Å². The van der Waals surface area contributed by atoms with Crippen LogP contribution in [0.1, 0.15) is 34.6 Å². The Hall–Kier alpha value is -3.95. The van der Waals surface area contributed by atoms with Gasteiger partial charge in [-0.1, -0.05) is 13.8 Å². The molecule has 0 aromatic heterocycles. The number of methoxy groups -OCH3 is 1. The minimum Gasteiger partial charge on any atom is -0.494 e. The van der Waals surface area contributed by atoms with Crippen LogP contribution in [0.5, 0.6) is 5.75 Å². The molecular weight excluding hydrogens is 392 g/mol. The maximum absolute atomic E-state index is 12.5. The van der Waals surface area contributed by atoms with Crippen molar-refractivity contribution in [1.82, 2.24) is 4.90 Å². The van der Waals surface area contributed by atoms with Crippen LogP contribution in [0, 0.1) is 16.0 Å². The summed E-state index contributed by atoms with van der Waals surface area (Å²) in [7, 11) is 1.33. The molecule has 2 aromatic carbocycles. The van der Waals surface area contributed by atoms with Crippen LogP contribution in [0.2, 0.25) is 0 Å². The first-order valence-corrected chi connectivity index (χ1v) is 9.12. The third-order valence-electron chi connectivity index (χ3n) is 4.42. The van der Waals surface area contributed by atoms with Crippen molar-refractivity contribution in [3.63, 3.8) is 0 Å². The molecule has 0 spiro atoms. The molecule has 156 valence electrons. The monoisotopic (exact) mass is 412 g/mol. The van der Waals surface area contributed by atoms with E-state index in [0.29, 0.717) is 17.8 Å². The molecular formula is C20H20N4O6. The van der Waals surface area contributed by atoms with Crippen molar-refractivity contribution in [3.05, 3.63) is 57.6 Å². The van der Waals surface area contributed by atoms with Crippen LogP contribution in [0.15, 0.2) is 36.4 Å². The Morgan fingerprint density at radius 2 is 1.80 bits per heavy atom. The number of benzene rings is 2. The quantitative estimate of drug-likeness (QED) is 0.424. The number of hydrogen-bond donors (Lipinski definition) is 2. The summed E-state index contributed by atoms with van der Waals surface area (Å²) in [4.78, 5) is 48.8. The second-order valence-electron chi connectivity index (χ2n) is 7.10. The SMILES string of the molecule is COc1cc([N+](=O)[O-])ccc1NC(=O)Nc1ccc2c(c1)C(=O)N(CC(C)C)C2=O. The van der Waals surface area contributed by atoms with E-state index in [2.05, 4.69) is 10.6 Å². The number of anilines is 2. The number of hydrogen-bond acceptors (Lipinski definition) is 6. The minimum absolute atomic E-state index is 0.124. The number of fused-ring (bicyclic) bond motifs is 1. The average molecular weight is 412 g/mol. The molecule has 1 aliphatic heterocycles. The van der Waals surface area contributed by atoms with E-state index in [1.807, 2.05) is 13.8 Å². The molecule has 0 saturated carbocycles. The molecule has 4 amide bonds. The molecule has 0 aliphatic carbocycles. The number of nitrogens with one attached hydrogen (secondary N) is 2. The fourth-order valence-electron chi connectivity index (χ4n) is 3.08. The van der Waals surface area contributed by atoms with Crippen LogP contribution in [0.3, 0.4) is 0 Å². The number of non-ortho nitro benzene ring substituents is 1. The lowest BCUT2D eigenvalue weighted by molar-refractivity contribution is -0.384. The summed E-state index contributed by atoms with van der Waals surface area (Å²) in [5.41, 5.74) is 0.899. The standard InChI is InChI=1S/C20H20N4O6/c1-11(2)10-23-18(25)14-6-4-12(8-15(14)19(23)26)21-20(27)22-16-7-5-13(24(28)29)9-17(16)30-3/h4-9,11H,10H2,1-3H3,(H2,21,22,27). The maximum atomic E-state index is 12.5. The van der Waals surface area contributed by atoms with Crippen molar-refractivity contribution in [2.24, 2.45) is 5.92 Å². The lowest BCUT2D eigenvalue weighted by atomic mass is 10.1. The zero-order valence-electron chi connectivity index (χ0n) is 16.6. The van der Waals surface area contributed by atoms with E-state index in [9.17, 15) is 24.5 Å². The predicted molar refractivity (Wildman–Crippen MR) is 109 cm³/mol. The van der Waals surface area contributed by atoms with Gasteiger partial charge in [0.05, 0.1) is 34.9 Å². The van der Waals surface area contributed by atoms with E-state index in [4.69, 9.17) is 4.74 Å². The van der Waals surface area contributed by atoms with Gasteiger partial charge in [0.25, 0.3) is 17.5 Å². The van der Waals surface area contributed by atoms with Gasteiger partial charge in [-0.05, 0) is 30.2 Å². The number of nitro benzene ring substituents is 1. The molecule has 0 bridgehead atoms. The highest BCUT2D eigenvalue weighted by atomic mass is 16.6. The van der Waals surface area contributed by atoms with E-state index in [-0.39, 0.29) is 34.5 Å². The van der Waals surface area contributed by atoms with Gasteiger partial charge in [-0.15, -0.1) is 0 Å². The van der Waals surface area contributed by atoms with Crippen LogP contribution in [0.25, 0.3) is 0 Å². The smallest absolute Gasteiger partial charge is 0.323 e. The third kappa shape index (κ3) is 4.07. The lowest BCUT2D eigenvalue weighted by Crippen LogP contribution is -2.33. The van der Waals surface area contributed by atoms with Crippen LogP contribution < -0.4 is 15.4 Å². The molecule has 2 N–H and O–H groups in total. The first-order chi connectivity index (χ1) is 14.2. The zero-order valence-corrected chi connectivity index (χ0v) is 16.6. The second kappa shape index (κ2) is 8.19. The Balaban J connectivity index is 1.75. The summed E-state index contributed by atoms with van der Waals surface area (Å²) < 4.78 is 5.08. The highest BCUT2D eigenvalue weighted by Crippen LogP contribution is 2.30. The van der Waals surface area contributed by atoms with Gasteiger partial charge in [-0.3, -0.25) is 24.6 Å². The fraction of sp³-hybridized carbons (Fsp3) is 0.250. The average Bonchev–Trinajstić information content (AvgIpc) is 2.92. The van der Waals surface area contributed by atoms with Gasteiger partial charge in [0.1, 0.15) is 5.75 Å². The molecule has 3 rings (SSSR count). The lowest BCUT2D eigenvalue weighted by Gasteiger charge is -2.15. The Morgan fingerprint density at radius 3 is 2.43 bits per heavy atom. The van der Waals surface area contributed by atoms with E-state index in [1.165, 1.54) is 48.4 Å². The number of urea groups is 1. The summed E-state index contributed by atoms with van der Waals surface area (Å²) in [6.45, 7) is 4.14. The van der Waals surface area contributed by atoms with Crippen LogP contribution in [-0.4, -0.2) is 41.3 Å². The van der Waals surface area contributed by atoms with Crippen molar-refractivity contribution >= 4 is 34.9 Å². The Kier molecular flexibility index (Phi) is 5.67. The molecule has 0 saturated heterocycles. The first kappa shape index (κ1) is 20.8. The van der Waals surface area contributed by atoms with E-state index in [1.54, 1.807) is 0 Å². The summed E-state index contributed by atoms with van der Waals surface area (Å²) in [5, 5.41) is 16.0. The molecule has 0 atom stereocenters. The summed E-state index contributed by atoms with van der Waals surface area (Å²) in [6.07, 6.45) is 0. The Morgan fingerprint density at radius 1 is 1.10 bits per heavy atom. The molecule has 10 nitrogen and oxygen atoms in total. The highest BCUT2D eigenvalue weighted by molar-refractivity contribution is 6.22. The number of amides is 4. The Bertz CT molecular complexity index is 1050. The van der Waals surface area contributed by atoms with Crippen molar-refractivity contribution in [3.8, 4) is 5.75 Å². The number of rotatable bonds is 6. The van der Waals surface area contributed by atoms with E-state index >= 15 is 0 Å². The van der Waals surface area contributed by atoms with Gasteiger partial charge in [0, 0.05) is 18.3 Å². The van der Waals surface area contributed by atoms with Gasteiger partial charge >= 0.3 is 6.03 Å². The van der Waals surface area contributed by atoms with Crippen molar-refractivity contribution < 1.29 is 24.0 Å². The summed E-state index contributed by atoms with van der Waals surface area (Å²) in [5.74, 6) is -0.495. The highest BCUT2D eigenvalue weighted by Gasteiger charge is 2.35. The molecule has 0 unspecified atom stereocenters. The molecule has 10 heteroatoms. The predicted octanol–water partition coefficient (Wildman–Crippen LogP) is 3.50. The topological polar surface area (TPSA) is 131 Å². The van der Waals surface area contributed by atoms with Crippen molar-refractivity contribution in [2.75, 3.05) is 24.3 Å². The molecule has 30 heavy (non-hydrogen) atoms. The van der Waals surface area contributed by atoms with E-state index in [0.717, 1.165) is 0 Å². The molecule has 0 fully saturated rings. The fourth-order valence-corrected chi connectivity index (χ4v) is 3.08. The van der Waals surface area contributed by atoms with Crippen molar-refractivity contribution in [1.29, 1.82) is 0 Å². The van der Waals surface area contributed by atoms with Gasteiger partial charge in [-0.2, -0.15) is 0 Å². The Labute approximate surface area is 172 Å². The van der Waals surface area contributed by atoms with Gasteiger partial charge in [0.15, 0.2) is 0 Å². The summed E-state index contributed by atoms with van der Waals surface area (Å²) >= 11 is 0.